The van der Waals surface area contributed by atoms with Gasteiger partial charge in [0.25, 0.3) is 0 Å². The van der Waals surface area contributed by atoms with Gasteiger partial charge in [0.15, 0.2) is 0 Å². The molecule has 0 amide bonds. The Kier molecular flexibility index (Phi) is 11.4. The summed E-state index contributed by atoms with van der Waals surface area (Å²) in [5.74, 6) is 0. The molecule has 0 bridgehead atoms. The Bertz CT molecular complexity index is 89.9. The molecule has 0 spiro atoms. The summed E-state index contributed by atoms with van der Waals surface area (Å²) < 4.78 is 0. The zero-order valence-corrected chi connectivity index (χ0v) is 4.46. The summed E-state index contributed by atoms with van der Waals surface area (Å²) in [6.07, 6.45) is -1.21. The summed E-state index contributed by atoms with van der Waals surface area (Å²) in [6.45, 7) is 1.82. The van der Waals surface area contributed by atoms with Gasteiger partial charge in [-0.15, -0.1) is 0 Å². The summed E-state index contributed by atoms with van der Waals surface area (Å²) in [7, 11) is 0. The van der Waals surface area contributed by atoms with Crippen molar-refractivity contribution in [2.75, 3.05) is 0 Å². The quantitative estimate of drug-likeness (QED) is 0.498. The summed E-state index contributed by atoms with van der Waals surface area (Å²) >= 11 is 0. The molecule has 4 heteroatoms. The number of carboxylic acid groups (broad SMARTS) is 2. The Morgan fingerprint density at radius 3 is 1.88 bits per heavy atom. The molecular formula is C4H7NO3. The van der Waals surface area contributed by atoms with Crippen LogP contribution in [-0.2, 0) is 0 Å². The van der Waals surface area contributed by atoms with Crippen molar-refractivity contribution in [1.29, 1.82) is 5.26 Å². The van der Waals surface area contributed by atoms with Gasteiger partial charge in [-0.1, -0.05) is 6.92 Å². The van der Waals surface area contributed by atoms with Gasteiger partial charge in [-0.05, 0) is 0 Å². The van der Waals surface area contributed by atoms with E-state index < -0.39 is 6.16 Å². The number of nitriles is 1. The molecule has 0 aliphatic heterocycles. The van der Waals surface area contributed by atoms with Crippen LogP contribution < -0.4 is 0 Å². The van der Waals surface area contributed by atoms with Crippen LogP contribution in [0.3, 0.4) is 0 Å². The highest BCUT2D eigenvalue weighted by molar-refractivity contribution is 5.53. The predicted molar refractivity (Wildman–Crippen MR) is 26.6 cm³/mol. The topological polar surface area (TPSA) is 81.3 Å². The summed E-state index contributed by atoms with van der Waals surface area (Å²) in [6, 6.07) is 1.93. The Balaban J connectivity index is 0. The van der Waals surface area contributed by atoms with Crippen LogP contribution in [0.15, 0.2) is 0 Å². The van der Waals surface area contributed by atoms with Gasteiger partial charge in [-0.3, -0.25) is 0 Å². The van der Waals surface area contributed by atoms with E-state index in [1.54, 1.807) is 0 Å². The van der Waals surface area contributed by atoms with Crippen LogP contribution in [0.4, 0.5) is 4.79 Å². The highest BCUT2D eigenvalue weighted by atomic mass is 16.6. The minimum atomic E-state index is -1.83. The Hall–Kier alpha value is -1.24. The van der Waals surface area contributed by atoms with Crippen molar-refractivity contribution in [3.63, 3.8) is 0 Å². The first-order valence-corrected chi connectivity index (χ1v) is 1.94. The largest absolute Gasteiger partial charge is 0.503 e. The van der Waals surface area contributed by atoms with Crippen molar-refractivity contribution < 1.29 is 15.0 Å². The minimum Gasteiger partial charge on any atom is -0.450 e. The zero-order chi connectivity index (χ0) is 6.99. The van der Waals surface area contributed by atoms with Crippen molar-refractivity contribution in [2.45, 2.75) is 13.3 Å². The Labute approximate surface area is 47.0 Å². The molecule has 0 radical (unpaired) electrons. The van der Waals surface area contributed by atoms with Crippen molar-refractivity contribution in [2.24, 2.45) is 0 Å². The fraction of sp³-hybridized carbons (Fsp3) is 0.500. The molecule has 0 aromatic rings. The standard InChI is InChI=1S/C3H5N.CH2O3/c1-2-3-4;2-1(3)4/h2H2,1H3;(H2,2,3,4). The Morgan fingerprint density at radius 2 is 1.88 bits per heavy atom. The number of carbonyl (C=O) groups is 1. The second kappa shape index (κ2) is 9.23. The second-order valence-electron chi connectivity index (χ2n) is 0.794. The lowest BCUT2D eigenvalue weighted by molar-refractivity contribution is 0.137. The van der Waals surface area contributed by atoms with Gasteiger partial charge in [0.05, 0.1) is 6.07 Å². The lowest BCUT2D eigenvalue weighted by Crippen LogP contribution is -1.81. The molecule has 0 fully saturated rings. The van der Waals surface area contributed by atoms with E-state index in [0.29, 0.717) is 6.42 Å². The van der Waals surface area contributed by atoms with Crippen molar-refractivity contribution in [3.8, 4) is 6.07 Å². The van der Waals surface area contributed by atoms with Crippen LogP contribution in [0.5, 0.6) is 0 Å². The van der Waals surface area contributed by atoms with Crippen LogP contribution >= 0.6 is 0 Å². The summed E-state index contributed by atoms with van der Waals surface area (Å²) in [5, 5.41) is 21.6. The van der Waals surface area contributed by atoms with Gasteiger partial charge >= 0.3 is 6.16 Å². The molecule has 0 aromatic heterocycles. The molecule has 0 aromatic carbocycles. The minimum absolute atomic E-state index is 0.625. The van der Waals surface area contributed by atoms with E-state index in [0.717, 1.165) is 0 Å². The van der Waals surface area contributed by atoms with E-state index in [2.05, 4.69) is 0 Å². The lowest BCUT2D eigenvalue weighted by atomic mass is 10.6. The second-order valence-corrected chi connectivity index (χ2v) is 0.794. The van der Waals surface area contributed by atoms with Gasteiger partial charge in [-0.25, -0.2) is 4.79 Å². The molecule has 0 saturated heterocycles. The molecule has 0 rings (SSSR count). The molecule has 0 aliphatic carbocycles. The molecule has 0 atom stereocenters. The van der Waals surface area contributed by atoms with Crippen molar-refractivity contribution >= 4 is 6.16 Å². The van der Waals surface area contributed by atoms with E-state index in [1.165, 1.54) is 0 Å². The third-order valence-electron chi connectivity index (χ3n) is 0.158. The molecule has 0 unspecified atom stereocenters. The fourth-order valence-corrected chi connectivity index (χ4v) is 0. The van der Waals surface area contributed by atoms with Gasteiger partial charge in [0.2, 0.25) is 0 Å². The molecular weight excluding hydrogens is 110 g/mol. The van der Waals surface area contributed by atoms with Crippen LogP contribution in [0.25, 0.3) is 0 Å². The molecule has 0 heterocycles. The van der Waals surface area contributed by atoms with Crippen molar-refractivity contribution in [1.82, 2.24) is 0 Å². The number of nitrogens with zero attached hydrogens (tertiary/aromatic N) is 1. The first kappa shape index (κ1) is 9.90. The van der Waals surface area contributed by atoms with E-state index in [4.69, 9.17) is 20.3 Å². The van der Waals surface area contributed by atoms with Crippen LogP contribution in [0.2, 0.25) is 0 Å². The number of hydrogen-bond donors (Lipinski definition) is 2. The maximum atomic E-state index is 8.56. The van der Waals surface area contributed by atoms with Gasteiger partial charge in [-0.2, -0.15) is 5.26 Å². The van der Waals surface area contributed by atoms with Crippen LogP contribution in [0.1, 0.15) is 13.3 Å². The maximum Gasteiger partial charge on any atom is 0.503 e. The smallest absolute Gasteiger partial charge is 0.450 e. The van der Waals surface area contributed by atoms with Gasteiger partial charge in [0.1, 0.15) is 0 Å². The van der Waals surface area contributed by atoms with E-state index in [9.17, 15) is 0 Å². The van der Waals surface area contributed by atoms with E-state index in [-0.39, 0.29) is 0 Å². The average molecular weight is 117 g/mol. The van der Waals surface area contributed by atoms with Crippen LogP contribution in [-0.4, -0.2) is 16.4 Å². The molecule has 2 N–H and O–H groups in total. The highest BCUT2D eigenvalue weighted by Crippen LogP contribution is 1.58. The molecule has 0 saturated carbocycles. The third-order valence-corrected chi connectivity index (χ3v) is 0.158. The van der Waals surface area contributed by atoms with Gasteiger partial charge in [0, 0.05) is 6.42 Å². The SMILES string of the molecule is CCC#N.O=C(O)O. The zero-order valence-electron chi connectivity index (χ0n) is 4.46. The molecule has 46 valence electrons. The molecule has 8 heavy (non-hydrogen) atoms. The summed E-state index contributed by atoms with van der Waals surface area (Å²) in [4.78, 5) is 8.56. The normalized spacial score (nSPS) is 5.50. The first-order valence-electron chi connectivity index (χ1n) is 1.94. The van der Waals surface area contributed by atoms with Crippen molar-refractivity contribution in [3.05, 3.63) is 0 Å². The number of hydrogen-bond acceptors (Lipinski definition) is 2. The van der Waals surface area contributed by atoms with E-state index >= 15 is 0 Å². The molecule has 0 aliphatic rings. The first-order chi connectivity index (χ1) is 3.65. The van der Waals surface area contributed by atoms with Gasteiger partial charge < -0.3 is 10.2 Å². The highest BCUT2D eigenvalue weighted by Gasteiger charge is 1.70. The van der Waals surface area contributed by atoms with E-state index in [1.807, 2.05) is 13.0 Å². The number of rotatable bonds is 0. The van der Waals surface area contributed by atoms with Crippen LogP contribution in [0, 0.1) is 11.3 Å². The summed E-state index contributed by atoms with van der Waals surface area (Å²) in [5.41, 5.74) is 0. The Morgan fingerprint density at radius 1 is 1.75 bits per heavy atom. The fourth-order valence-electron chi connectivity index (χ4n) is 0. The monoisotopic (exact) mass is 117 g/mol. The predicted octanol–water partition coefficient (Wildman–Crippen LogP) is 1.14. The average Bonchev–Trinajstić information content (AvgIpc) is 1.65. The third kappa shape index (κ3) is 1170. The molecule has 4 nitrogen and oxygen atoms in total. The lowest BCUT2D eigenvalue weighted by Gasteiger charge is -1.60. The maximum absolute atomic E-state index is 8.56.